The SMILES string of the molecule is COC1(CNC2CCc3cc(F)ccc32)CCC1. The van der Waals surface area contributed by atoms with E-state index in [2.05, 4.69) is 5.32 Å². The molecule has 0 heterocycles. The maximum Gasteiger partial charge on any atom is 0.123 e. The quantitative estimate of drug-likeness (QED) is 0.885. The van der Waals surface area contributed by atoms with Crippen LogP contribution in [0.1, 0.15) is 42.9 Å². The van der Waals surface area contributed by atoms with Gasteiger partial charge in [-0.15, -0.1) is 0 Å². The van der Waals surface area contributed by atoms with Gasteiger partial charge in [-0.25, -0.2) is 4.39 Å². The second kappa shape index (κ2) is 4.63. The summed E-state index contributed by atoms with van der Waals surface area (Å²) in [4.78, 5) is 0. The van der Waals surface area contributed by atoms with Crippen molar-refractivity contribution in [3.63, 3.8) is 0 Å². The molecule has 2 aliphatic rings. The zero-order valence-corrected chi connectivity index (χ0v) is 10.8. The Labute approximate surface area is 108 Å². The fraction of sp³-hybridized carbons (Fsp3) is 0.600. The van der Waals surface area contributed by atoms with E-state index in [0.29, 0.717) is 6.04 Å². The summed E-state index contributed by atoms with van der Waals surface area (Å²) in [6.45, 7) is 0.908. The number of halogens is 1. The maximum absolute atomic E-state index is 13.1. The standard InChI is InChI=1S/C15H20FNO/c1-18-15(7-2-8-15)10-17-14-6-3-11-9-12(16)4-5-13(11)14/h4-5,9,14,17H,2-3,6-8,10H2,1H3. The Kier molecular flexibility index (Phi) is 3.12. The summed E-state index contributed by atoms with van der Waals surface area (Å²) in [6.07, 6.45) is 5.62. The van der Waals surface area contributed by atoms with Gasteiger partial charge in [-0.05, 0) is 55.4 Å². The summed E-state index contributed by atoms with van der Waals surface area (Å²) in [7, 11) is 1.80. The lowest BCUT2D eigenvalue weighted by atomic mass is 9.80. The minimum absolute atomic E-state index is 0.0583. The summed E-state index contributed by atoms with van der Waals surface area (Å²) in [5, 5.41) is 3.60. The minimum atomic E-state index is -0.123. The highest BCUT2D eigenvalue weighted by Crippen LogP contribution is 2.36. The van der Waals surface area contributed by atoms with E-state index in [1.54, 1.807) is 19.2 Å². The Hall–Kier alpha value is -0.930. The molecule has 1 aromatic carbocycles. The first-order valence-electron chi connectivity index (χ1n) is 6.79. The van der Waals surface area contributed by atoms with Crippen molar-refractivity contribution >= 4 is 0 Å². The third-order valence-corrected chi connectivity index (χ3v) is 4.55. The highest BCUT2D eigenvalue weighted by atomic mass is 19.1. The topological polar surface area (TPSA) is 21.3 Å². The van der Waals surface area contributed by atoms with Gasteiger partial charge in [-0.2, -0.15) is 0 Å². The van der Waals surface area contributed by atoms with E-state index in [1.165, 1.54) is 12.0 Å². The first-order chi connectivity index (χ1) is 8.72. The zero-order valence-electron chi connectivity index (χ0n) is 10.8. The molecule has 2 nitrogen and oxygen atoms in total. The van der Waals surface area contributed by atoms with Crippen LogP contribution in [-0.4, -0.2) is 19.3 Å². The van der Waals surface area contributed by atoms with Crippen LogP contribution in [-0.2, 0) is 11.2 Å². The molecule has 0 aliphatic heterocycles. The molecule has 1 fully saturated rings. The number of fused-ring (bicyclic) bond motifs is 1. The molecule has 0 spiro atoms. The summed E-state index contributed by atoms with van der Waals surface area (Å²) < 4.78 is 18.8. The van der Waals surface area contributed by atoms with Gasteiger partial charge in [0.1, 0.15) is 5.82 Å². The molecule has 98 valence electrons. The van der Waals surface area contributed by atoms with Gasteiger partial charge in [-0.1, -0.05) is 6.07 Å². The molecule has 1 saturated carbocycles. The van der Waals surface area contributed by atoms with Crippen molar-refractivity contribution in [2.24, 2.45) is 0 Å². The third-order valence-electron chi connectivity index (χ3n) is 4.55. The summed E-state index contributed by atoms with van der Waals surface area (Å²) in [5.41, 5.74) is 2.48. The van der Waals surface area contributed by atoms with Crippen LogP contribution in [0, 0.1) is 5.82 Å². The van der Waals surface area contributed by atoms with Gasteiger partial charge in [0.2, 0.25) is 0 Å². The predicted molar refractivity (Wildman–Crippen MR) is 69.1 cm³/mol. The van der Waals surface area contributed by atoms with E-state index < -0.39 is 0 Å². The molecule has 1 aromatic rings. The van der Waals surface area contributed by atoms with Crippen LogP contribution in [0.2, 0.25) is 0 Å². The molecule has 0 amide bonds. The lowest BCUT2D eigenvalue weighted by Crippen LogP contribution is -2.48. The lowest BCUT2D eigenvalue weighted by molar-refractivity contribution is -0.0709. The van der Waals surface area contributed by atoms with Crippen molar-refractivity contribution in [2.45, 2.75) is 43.7 Å². The highest BCUT2D eigenvalue weighted by Gasteiger charge is 2.37. The number of hydrogen-bond acceptors (Lipinski definition) is 2. The Balaban J connectivity index is 1.66. The number of aryl methyl sites for hydroxylation is 1. The van der Waals surface area contributed by atoms with Gasteiger partial charge in [0.15, 0.2) is 0 Å². The van der Waals surface area contributed by atoms with Crippen LogP contribution in [0.4, 0.5) is 4.39 Å². The average molecular weight is 249 g/mol. The number of nitrogens with one attached hydrogen (secondary N) is 1. The molecular weight excluding hydrogens is 229 g/mol. The highest BCUT2D eigenvalue weighted by molar-refractivity contribution is 5.35. The van der Waals surface area contributed by atoms with Gasteiger partial charge in [0.05, 0.1) is 5.60 Å². The van der Waals surface area contributed by atoms with Gasteiger partial charge in [0.25, 0.3) is 0 Å². The van der Waals surface area contributed by atoms with E-state index in [1.807, 2.05) is 6.07 Å². The Morgan fingerprint density at radius 2 is 2.28 bits per heavy atom. The molecule has 3 rings (SSSR count). The van der Waals surface area contributed by atoms with Crippen LogP contribution in [0.5, 0.6) is 0 Å². The van der Waals surface area contributed by atoms with Crippen molar-refractivity contribution < 1.29 is 9.13 Å². The van der Waals surface area contributed by atoms with Crippen molar-refractivity contribution in [2.75, 3.05) is 13.7 Å². The van der Waals surface area contributed by atoms with Crippen molar-refractivity contribution in [1.29, 1.82) is 0 Å². The number of ether oxygens (including phenoxy) is 1. The fourth-order valence-electron chi connectivity index (χ4n) is 3.13. The Morgan fingerprint density at radius 3 is 2.94 bits per heavy atom. The van der Waals surface area contributed by atoms with Crippen LogP contribution in [0.25, 0.3) is 0 Å². The van der Waals surface area contributed by atoms with Gasteiger partial charge in [0, 0.05) is 19.7 Å². The zero-order chi connectivity index (χ0) is 12.6. The third kappa shape index (κ3) is 2.06. The molecular formula is C15H20FNO. The molecule has 1 atom stereocenters. The van der Waals surface area contributed by atoms with Crippen LogP contribution in [0.15, 0.2) is 18.2 Å². The molecule has 0 bridgehead atoms. The number of hydrogen-bond donors (Lipinski definition) is 1. The largest absolute Gasteiger partial charge is 0.377 e. The molecule has 1 unspecified atom stereocenters. The van der Waals surface area contributed by atoms with E-state index in [4.69, 9.17) is 4.74 Å². The smallest absolute Gasteiger partial charge is 0.123 e. The molecule has 18 heavy (non-hydrogen) atoms. The molecule has 3 heteroatoms. The number of benzene rings is 1. The average Bonchev–Trinajstić information content (AvgIpc) is 2.71. The number of rotatable bonds is 4. The Morgan fingerprint density at radius 1 is 1.44 bits per heavy atom. The number of methoxy groups -OCH3 is 1. The maximum atomic E-state index is 13.1. The van der Waals surface area contributed by atoms with Crippen LogP contribution < -0.4 is 5.32 Å². The monoisotopic (exact) mass is 249 g/mol. The summed E-state index contributed by atoms with van der Waals surface area (Å²) >= 11 is 0. The second-order valence-electron chi connectivity index (χ2n) is 5.56. The molecule has 0 radical (unpaired) electrons. The van der Waals surface area contributed by atoms with Gasteiger partial charge < -0.3 is 10.1 Å². The molecule has 1 N–H and O–H groups in total. The summed E-state index contributed by atoms with van der Waals surface area (Å²) in [5.74, 6) is -0.123. The summed E-state index contributed by atoms with van der Waals surface area (Å²) in [6, 6.07) is 5.53. The van der Waals surface area contributed by atoms with E-state index >= 15 is 0 Å². The minimum Gasteiger partial charge on any atom is -0.377 e. The predicted octanol–water partition coefficient (Wildman–Crippen LogP) is 2.97. The van der Waals surface area contributed by atoms with Crippen molar-refractivity contribution in [1.82, 2.24) is 5.32 Å². The van der Waals surface area contributed by atoms with Crippen LogP contribution >= 0.6 is 0 Å². The van der Waals surface area contributed by atoms with Gasteiger partial charge in [-0.3, -0.25) is 0 Å². The molecule has 0 saturated heterocycles. The first-order valence-corrected chi connectivity index (χ1v) is 6.79. The lowest BCUT2D eigenvalue weighted by Gasteiger charge is -2.41. The molecule has 0 aromatic heterocycles. The van der Waals surface area contributed by atoms with Gasteiger partial charge >= 0.3 is 0 Å². The normalized spacial score (nSPS) is 24.7. The fourth-order valence-corrected chi connectivity index (χ4v) is 3.13. The van der Waals surface area contributed by atoms with E-state index in [-0.39, 0.29) is 11.4 Å². The van der Waals surface area contributed by atoms with E-state index in [0.717, 1.165) is 37.8 Å². The van der Waals surface area contributed by atoms with E-state index in [9.17, 15) is 4.39 Å². The van der Waals surface area contributed by atoms with Crippen LogP contribution in [0.3, 0.4) is 0 Å². The second-order valence-corrected chi connectivity index (χ2v) is 5.56. The first kappa shape index (κ1) is 12.1. The molecule has 2 aliphatic carbocycles. The van der Waals surface area contributed by atoms with Crippen molar-refractivity contribution in [3.05, 3.63) is 35.1 Å². The Bertz CT molecular complexity index is 437. The van der Waals surface area contributed by atoms with Crippen molar-refractivity contribution in [3.8, 4) is 0 Å².